The average Bonchev–Trinajstić information content (AvgIpc) is 3.03. The summed E-state index contributed by atoms with van der Waals surface area (Å²) in [6.45, 7) is 0.493. The Labute approximate surface area is 122 Å². The number of rotatable bonds is 5. The Bertz CT molecular complexity index is 693. The third-order valence-corrected chi connectivity index (χ3v) is 3.03. The van der Waals surface area contributed by atoms with Crippen LogP contribution in [0.2, 0.25) is 0 Å². The highest BCUT2D eigenvalue weighted by Crippen LogP contribution is 2.20. The van der Waals surface area contributed by atoms with Crippen molar-refractivity contribution in [2.24, 2.45) is 0 Å². The van der Waals surface area contributed by atoms with Crippen molar-refractivity contribution in [3.8, 4) is 17.1 Å². The summed E-state index contributed by atoms with van der Waals surface area (Å²) in [5.74, 6) is 1.92. The predicted molar refractivity (Wildman–Crippen MR) is 80.1 cm³/mol. The molecule has 5 heteroatoms. The van der Waals surface area contributed by atoms with Crippen LogP contribution in [0.5, 0.6) is 5.75 Å². The summed E-state index contributed by atoms with van der Waals surface area (Å²) < 4.78 is 10.4. The Hall–Kier alpha value is -2.82. The molecule has 0 saturated carbocycles. The van der Waals surface area contributed by atoms with Crippen molar-refractivity contribution in [2.45, 2.75) is 6.54 Å². The predicted octanol–water partition coefficient (Wildman–Crippen LogP) is 3.36. The maximum atomic E-state index is 5.24. The molecule has 1 heterocycles. The van der Waals surface area contributed by atoms with E-state index in [1.54, 1.807) is 7.11 Å². The van der Waals surface area contributed by atoms with E-state index in [0.29, 0.717) is 18.3 Å². The summed E-state index contributed by atoms with van der Waals surface area (Å²) in [5.41, 5.74) is 1.91. The van der Waals surface area contributed by atoms with Gasteiger partial charge in [0.05, 0.1) is 13.7 Å². The third kappa shape index (κ3) is 3.20. The van der Waals surface area contributed by atoms with Crippen LogP contribution in [0.1, 0.15) is 5.89 Å². The first kappa shape index (κ1) is 13.2. The molecule has 0 saturated heterocycles. The molecule has 1 N–H and O–H groups in total. The van der Waals surface area contributed by atoms with Gasteiger partial charge < -0.3 is 14.6 Å². The molecule has 0 aliphatic carbocycles. The maximum absolute atomic E-state index is 5.24. The Balaban J connectivity index is 1.68. The fourth-order valence-corrected chi connectivity index (χ4v) is 1.92. The normalized spacial score (nSPS) is 10.3. The van der Waals surface area contributed by atoms with E-state index < -0.39 is 0 Å². The highest BCUT2D eigenvalue weighted by atomic mass is 16.5. The van der Waals surface area contributed by atoms with E-state index in [0.717, 1.165) is 17.0 Å². The van der Waals surface area contributed by atoms with Crippen LogP contribution in [0.4, 0.5) is 5.69 Å². The first-order chi connectivity index (χ1) is 10.3. The lowest BCUT2D eigenvalue weighted by molar-refractivity contribution is 0.384. The zero-order valence-electron chi connectivity index (χ0n) is 11.6. The highest BCUT2D eigenvalue weighted by molar-refractivity contribution is 5.55. The zero-order valence-corrected chi connectivity index (χ0v) is 11.6. The van der Waals surface area contributed by atoms with Gasteiger partial charge in [-0.05, 0) is 36.4 Å². The molecule has 3 aromatic rings. The van der Waals surface area contributed by atoms with Gasteiger partial charge in [0, 0.05) is 11.3 Å². The van der Waals surface area contributed by atoms with Crippen molar-refractivity contribution in [1.29, 1.82) is 0 Å². The molecule has 1 aromatic heterocycles. The second-order valence-electron chi connectivity index (χ2n) is 4.46. The number of ether oxygens (including phenoxy) is 1. The van der Waals surface area contributed by atoms with Gasteiger partial charge in [-0.25, -0.2) is 0 Å². The van der Waals surface area contributed by atoms with Crippen molar-refractivity contribution in [1.82, 2.24) is 10.1 Å². The van der Waals surface area contributed by atoms with Gasteiger partial charge in [0.1, 0.15) is 5.75 Å². The highest BCUT2D eigenvalue weighted by Gasteiger charge is 2.08. The molecule has 0 spiro atoms. The molecule has 0 atom stereocenters. The third-order valence-electron chi connectivity index (χ3n) is 3.03. The van der Waals surface area contributed by atoms with Crippen molar-refractivity contribution in [3.05, 3.63) is 60.5 Å². The number of nitrogens with zero attached hydrogens (tertiary/aromatic N) is 2. The Morgan fingerprint density at radius 3 is 2.52 bits per heavy atom. The monoisotopic (exact) mass is 281 g/mol. The summed E-state index contributed by atoms with van der Waals surface area (Å²) in [4.78, 5) is 4.37. The summed E-state index contributed by atoms with van der Waals surface area (Å²) in [6, 6.07) is 17.4. The smallest absolute Gasteiger partial charge is 0.246 e. The van der Waals surface area contributed by atoms with Gasteiger partial charge in [-0.15, -0.1) is 0 Å². The molecule has 0 bridgehead atoms. The van der Waals surface area contributed by atoms with Crippen LogP contribution in [0, 0.1) is 0 Å². The molecule has 5 nitrogen and oxygen atoms in total. The van der Waals surface area contributed by atoms with E-state index >= 15 is 0 Å². The summed E-state index contributed by atoms with van der Waals surface area (Å²) >= 11 is 0. The van der Waals surface area contributed by atoms with Gasteiger partial charge in [-0.2, -0.15) is 4.98 Å². The van der Waals surface area contributed by atoms with Crippen LogP contribution in [-0.4, -0.2) is 17.3 Å². The first-order valence-corrected chi connectivity index (χ1v) is 6.61. The second kappa shape index (κ2) is 6.09. The standard InChI is InChI=1S/C16H15N3O2/c1-20-14-9-7-12(8-10-14)16-18-15(21-19-16)11-17-13-5-3-2-4-6-13/h2-10,17H,11H2,1H3. The number of benzene rings is 2. The van der Waals surface area contributed by atoms with E-state index in [9.17, 15) is 0 Å². The van der Waals surface area contributed by atoms with E-state index in [2.05, 4.69) is 15.5 Å². The number of anilines is 1. The number of methoxy groups -OCH3 is 1. The van der Waals surface area contributed by atoms with Crippen LogP contribution >= 0.6 is 0 Å². The number of hydrogen-bond acceptors (Lipinski definition) is 5. The molecule has 0 fully saturated rings. The lowest BCUT2D eigenvalue weighted by Crippen LogP contribution is -1.99. The molecule has 0 aliphatic rings. The van der Waals surface area contributed by atoms with Crippen LogP contribution in [-0.2, 0) is 6.54 Å². The lowest BCUT2D eigenvalue weighted by atomic mass is 10.2. The Morgan fingerprint density at radius 2 is 1.81 bits per heavy atom. The summed E-state index contributed by atoms with van der Waals surface area (Å²) in [6.07, 6.45) is 0. The molecule has 106 valence electrons. The zero-order chi connectivity index (χ0) is 14.5. The molecule has 21 heavy (non-hydrogen) atoms. The van der Waals surface area contributed by atoms with Crippen molar-refractivity contribution < 1.29 is 9.26 Å². The van der Waals surface area contributed by atoms with E-state index in [1.165, 1.54) is 0 Å². The Morgan fingerprint density at radius 1 is 1.05 bits per heavy atom. The number of para-hydroxylation sites is 1. The fourth-order valence-electron chi connectivity index (χ4n) is 1.92. The minimum absolute atomic E-state index is 0.493. The van der Waals surface area contributed by atoms with Crippen LogP contribution in [0.25, 0.3) is 11.4 Å². The molecule has 0 aliphatic heterocycles. The maximum Gasteiger partial charge on any atom is 0.246 e. The molecule has 2 aromatic carbocycles. The van der Waals surface area contributed by atoms with Gasteiger partial charge in [0.25, 0.3) is 0 Å². The largest absolute Gasteiger partial charge is 0.497 e. The molecule has 0 unspecified atom stereocenters. The topological polar surface area (TPSA) is 60.2 Å². The minimum Gasteiger partial charge on any atom is -0.497 e. The van der Waals surface area contributed by atoms with Gasteiger partial charge >= 0.3 is 0 Å². The minimum atomic E-state index is 0.493. The van der Waals surface area contributed by atoms with Crippen molar-refractivity contribution in [3.63, 3.8) is 0 Å². The number of hydrogen-bond donors (Lipinski definition) is 1. The molecular formula is C16H15N3O2. The average molecular weight is 281 g/mol. The van der Waals surface area contributed by atoms with Crippen LogP contribution in [0.3, 0.4) is 0 Å². The SMILES string of the molecule is COc1ccc(-c2noc(CNc3ccccc3)n2)cc1. The first-order valence-electron chi connectivity index (χ1n) is 6.61. The van der Waals surface area contributed by atoms with E-state index in [4.69, 9.17) is 9.26 Å². The molecule has 3 rings (SSSR count). The Kier molecular flexibility index (Phi) is 3.82. The summed E-state index contributed by atoms with van der Waals surface area (Å²) in [5, 5.41) is 7.22. The fraction of sp³-hybridized carbons (Fsp3) is 0.125. The molecular weight excluding hydrogens is 266 g/mol. The van der Waals surface area contributed by atoms with Gasteiger partial charge in [-0.3, -0.25) is 0 Å². The van der Waals surface area contributed by atoms with Crippen molar-refractivity contribution >= 4 is 5.69 Å². The van der Waals surface area contributed by atoms with Crippen molar-refractivity contribution in [2.75, 3.05) is 12.4 Å². The van der Waals surface area contributed by atoms with Crippen LogP contribution in [0.15, 0.2) is 59.1 Å². The number of aromatic nitrogens is 2. The lowest BCUT2D eigenvalue weighted by Gasteiger charge is -2.01. The van der Waals surface area contributed by atoms with Gasteiger partial charge in [0.2, 0.25) is 11.7 Å². The van der Waals surface area contributed by atoms with E-state index in [-0.39, 0.29) is 0 Å². The van der Waals surface area contributed by atoms with E-state index in [1.807, 2.05) is 54.6 Å². The molecule has 0 amide bonds. The molecule has 0 radical (unpaired) electrons. The second-order valence-corrected chi connectivity index (χ2v) is 4.46. The van der Waals surface area contributed by atoms with Gasteiger partial charge in [0.15, 0.2) is 0 Å². The summed E-state index contributed by atoms with van der Waals surface area (Å²) in [7, 11) is 1.64. The van der Waals surface area contributed by atoms with Crippen LogP contribution < -0.4 is 10.1 Å². The quantitative estimate of drug-likeness (QED) is 0.777. The van der Waals surface area contributed by atoms with Gasteiger partial charge in [-0.1, -0.05) is 23.4 Å². The number of nitrogens with one attached hydrogen (secondary N) is 1.